The number of aromatic amines is 1. The fraction of sp³-hybridized carbons (Fsp3) is 0.263. The second kappa shape index (κ2) is 6.59. The lowest BCUT2D eigenvalue weighted by atomic mass is 10.2. The lowest BCUT2D eigenvalue weighted by molar-refractivity contribution is -0.116. The van der Waals surface area contributed by atoms with Crippen LogP contribution in [0.5, 0.6) is 0 Å². The van der Waals surface area contributed by atoms with E-state index < -0.39 is 0 Å². The van der Waals surface area contributed by atoms with Gasteiger partial charge in [-0.25, -0.2) is 14.6 Å². The van der Waals surface area contributed by atoms with Gasteiger partial charge in [-0.05, 0) is 32.0 Å². The predicted octanol–water partition coefficient (Wildman–Crippen LogP) is 3.46. The second-order valence-electron chi connectivity index (χ2n) is 6.57. The average Bonchev–Trinajstić information content (AvgIpc) is 3.23. The molecular formula is C19H20N6O. The van der Waals surface area contributed by atoms with E-state index in [0.717, 1.165) is 27.9 Å². The summed E-state index contributed by atoms with van der Waals surface area (Å²) in [6.45, 7) is 4.11. The van der Waals surface area contributed by atoms with Gasteiger partial charge in [0, 0.05) is 24.3 Å². The molecule has 0 saturated heterocycles. The van der Waals surface area contributed by atoms with Gasteiger partial charge in [-0.2, -0.15) is 5.10 Å². The number of hydrogen-bond acceptors (Lipinski definition) is 4. The van der Waals surface area contributed by atoms with Crippen LogP contribution in [0, 0.1) is 0 Å². The Hall–Kier alpha value is -3.22. The van der Waals surface area contributed by atoms with Crippen LogP contribution in [-0.2, 0) is 11.2 Å². The van der Waals surface area contributed by atoms with Gasteiger partial charge in [0.2, 0.25) is 5.91 Å². The Labute approximate surface area is 150 Å². The first-order valence-corrected chi connectivity index (χ1v) is 8.67. The summed E-state index contributed by atoms with van der Waals surface area (Å²) in [4.78, 5) is 24.4. The molecule has 4 aromatic rings. The molecule has 26 heavy (non-hydrogen) atoms. The number of H-pyrrole nitrogens is 1. The molecule has 0 unspecified atom stereocenters. The normalized spacial score (nSPS) is 11.5. The van der Waals surface area contributed by atoms with E-state index in [0.29, 0.717) is 18.5 Å². The summed E-state index contributed by atoms with van der Waals surface area (Å²) >= 11 is 0. The third kappa shape index (κ3) is 3.15. The van der Waals surface area contributed by atoms with Crippen LogP contribution in [0.2, 0.25) is 0 Å². The summed E-state index contributed by atoms with van der Waals surface area (Å²) in [6.07, 6.45) is 4.35. The number of nitrogens with zero attached hydrogens (tertiary/aromatic N) is 4. The largest absolute Gasteiger partial charge is 0.342 e. The number of nitrogens with one attached hydrogen (secondary N) is 2. The zero-order valence-corrected chi connectivity index (χ0v) is 14.7. The van der Waals surface area contributed by atoms with E-state index in [1.54, 1.807) is 12.4 Å². The molecule has 0 spiro atoms. The topological polar surface area (TPSA) is 88.5 Å². The number of hydrogen-bond donors (Lipinski definition) is 2. The molecule has 0 fully saturated rings. The van der Waals surface area contributed by atoms with Crippen LogP contribution in [0.15, 0.2) is 42.7 Å². The van der Waals surface area contributed by atoms with Gasteiger partial charge >= 0.3 is 0 Å². The number of aryl methyl sites for hydroxylation is 1. The number of fused-ring (bicyclic) bond motifs is 2. The van der Waals surface area contributed by atoms with Crippen molar-refractivity contribution in [1.29, 1.82) is 0 Å². The molecule has 2 N–H and O–H groups in total. The summed E-state index contributed by atoms with van der Waals surface area (Å²) in [6, 6.07) is 9.97. The lowest BCUT2D eigenvalue weighted by Gasteiger charge is -2.07. The molecule has 4 rings (SSSR count). The van der Waals surface area contributed by atoms with E-state index in [4.69, 9.17) is 0 Å². The molecule has 0 aliphatic heterocycles. The second-order valence-corrected chi connectivity index (χ2v) is 6.57. The summed E-state index contributed by atoms with van der Waals surface area (Å²) < 4.78 is 1.86. The Morgan fingerprint density at radius 1 is 1.27 bits per heavy atom. The monoisotopic (exact) mass is 348 g/mol. The minimum Gasteiger partial charge on any atom is -0.342 e. The molecule has 0 aliphatic carbocycles. The Morgan fingerprint density at radius 2 is 2.12 bits per heavy atom. The highest BCUT2D eigenvalue weighted by molar-refractivity contribution is 5.92. The highest BCUT2D eigenvalue weighted by Crippen LogP contribution is 2.19. The number of para-hydroxylation sites is 2. The first-order chi connectivity index (χ1) is 12.6. The average molecular weight is 348 g/mol. The number of amides is 1. The van der Waals surface area contributed by atoms with E-state index in [9.17, 15) is 4.79 Å². The number of aromatic nitrogens is 5. The van der Waals surface area contributed by atoms with Gasteiger partial charge in [0.1, 0.15) is 5.82 Å². The summed E-state index contributed by atoms with van der Waals surface area (Å²) in [7, 11) is 0. The van der Waals surface area contributed by atoms with Gasteiger partial charge in [-0.1, -0.05) is 12.1 Å². The van der Waals surface area contributed by atoms with Crippen LogP contribution in [0.4, 0.5) is 5.69 Å². The van der Waals surface area contributed by atoms with Gasteiger partial charge in [0.25, 0.3) is 0 Å². The van der Waals surface area contributed by atoms with Gasteiger partial charge < -0.3 is 10.3 Å². The first kappa shape index (κ1) is 16.3. The van der Waals surface area contributed by atoms with Gasteiger partial charge in [-0.15, -0.1) is 0 Å². The number of carbonyl (C=O) groups is 1. The van der Waals surface area contributed by atoms with Crippen LogP contribution in [0.25, 0.3) is 22.1 Å². The van der Waals surface area contributed by atoms with Crippen molar-refractivity contribution in [1.82, 2.24) is 24.7 Å². The number of rotatable bonds is 5. The number of carbonyl (C=O) groups excluding carboxylic acids is 1. The maximum absolute atomic E-state index is 12.2. The van der Waals surface area contributed by atoms with Crippen LogP contribution in [0.1, 0.15) is 32.1 Å². The van der Waals surface area contributed by atoms with Crippen LogP contribution in [-0.4, -0.2) is 30.6 Å². The van der Waals surface area contributed by atoms with Crippen LogP contribution < -0.4 is 5.32 Å². The Morgan fingerprint density at radius 3 is 2.92 bits per heavy atom. The summed E-state index contributed by atoms with van der Waals surface area (Å²) in [5, 5.41) is 8.15. The minimum absolute atomic E-state index is 0.0668. The highest BCUT2D eigenvalue weighted by Gasteiger charge is 2.10. The highest BCUT2D eigenvalue weighted by atomic mass is 16.1. The summed E-state index contributed by atoms with van der Waals surface area (Å²) in [5.74, 6) is 0.746. The van der Waals surface area contributed by atoms with Gasteiger partial charge in [-0.3, -0.25) is 4.79 Å². The van der Waals surface area contributed by atoms with E-state index in [1.807, 2.05) is 35.0 Å². The van der Waals surface area contributed by atoms with Crippen molar-refractivity contribution in [2.45, 2.75) is 32.7 Å². The molecule has 132 valence electrons. The molecule has 7 heteroatoms. The zero-order valence-electron chi connectivity index (χ0n) is 14.7. The third-order valence-corrected chi connectivity index (χ3v) is 4.23. The number of pyridine rings is 1. The van der Waals surface area contributed by atoms with Crippen molar-refractivity contribution in [3.63, 3.8) is 0 Å². The van der Waals surface area contributed by atoms with Crippen molar-refractivity contribution in [3.8, 4) is 0 Å². The molecule has 3 heterocycles. The quantitative estimate of drug-likeness (QED) is 0.578. The van der Waals surface area contributed by atoms with Crippen molar-refractivity contribution in [2.75, 3.05) is 5.32 Å². The lowest BCUT2D eigenvalue weighted by Crippen LogP contribution is -2.13. The van der Waals surface area contributed by atoms with Crippen LogP contribution in [0.3, 0.4) is 0 Å². The molecule has 3 aromatic heterocycles. The number of benzene rings is 1. The zero-order chi connectivity index (χ0) is 18.1. The summed E-state index contributed by atoms with van der Waals surface area (Å²) in [5.41, 5.74) is 3.40. The van der Waals surface area contributed by atoms with Crippen LogP contribution >= 0.6 is 0 Å². The molecular weight excluding hydrogens is 328 g/mol. The molecule has 0 atom stereocenters. The molecule has 7 nitrogen and oxygen atoms in total. The fourth-order valence-corrected chi connectivity index (χ4v) is 2.97. The Balaban J connectivity index is 1.42. The Bertz CT molecular complexity index is 1040. The number of imidazole rings is 1. The maximum Gasteiger partial charge on any atom is 0.224 e. The van der Waals surface area contributed by atoms with E-state index in [1.165, 1.54) is 0 Å². The predicted molar refractivity (Wildman–Crippen MR) is 101 cm³/mol. The van der Waals surface area contributed by atoms with E-state index in [2.05, 4.69) is 39.2 Å². The van der Waals surface area contributed by atoms with Crippen molar-refractivity contribution in [3.05, 3.63) is 48.5 Å². The van der Waals surface area contributed by atoms with Crippen molar-refractivity contribution < 1.29 is 4.79 Å². The molecule has 0 bridgehead atoms. The van der Waals surface area contributed by atoms with E-state index in [-0.39, 0.29) is 11.9 Å². The van der Waals surface area contributed by atoms with Crippen molar-refractivity contribution >= 4 is 33.7 Å². The molecule has 0 radical (unpaired) electrons. The van der Waals surface area contributed by atoms with Crippen molar-refractivity contribution in [2.24, 2.45) is 0 Å². The van der Waals surface area contributed by atoms with Gasteiger partial charge in [0.05, 0.1) is 29.1 Å². The standard InChI is InChI=1S/C19H20N6O/c1-12(2)25-19-13(10-21-25)9-14(11-20-19)22-18(26)8-7-17-23-15-5-3-4-6-16(15)24-17/h3-6,9-12H,7-8H2,1-2H3,(H,22,26)(H,23,24). The molecule has 1 amide bonds. The maximum atomic E-state index is 12.2. The molecule has 0 saturated carbocycles. The fourth-order valence-electron chi connectivity index (χ4n) is 2.97. The molecule has 1 aromatic carbocycles. The Kier molecular flexibility index (Phi) is 4.12. The molecule has 0 aliphatic rings. The number of anilines is 1. The SMILES string of the molecule is CC(C)n1ncc2cc(NC(=O)CCc3nc4ccccc4[nH]3)cnc21. The minimum atomic E-state index is -0.0668. The van der Waals surface area contributed by atoms with Gasteiger partial charge in [0.15, 0.2) is 5.65 Å². The smallest absolute Gasteiger partial charge is 0.224 e. The first-order valence-electron chi connectivity index (χ1n) is 8.67. The third-order valence-electron chi connectivity index (χ3n) is 4.23. The van der Waals surface area contributed by atoms with E-state index >= 15 is 0 Å².